The maximum atomic E-state index is 12.8. The number of aliphatic hydroxyl groups excluding tert-OH is 1. The molecule has 0 saturated heterocycles. The Balaban J connectivity index is 2.46. The van der Waals surface area contributed by atoms with Crippen molar-refractivity contribution in [2.24, 2.45) is 5.92 Å². The fourth-order valence-electron chi connectivity index (χ4n) is 1.33. The summed E-state index contributed by atoms with van der Waals surface area (Å²) in [6.07, 6.45) is 0. The molecule has 1 aromatic rings. The third-order valence-electron chi connectivity index (χ3n) is 2.78. The van der Waals surface area contributed by atoms with E-state index in [4.69, 9.17) is 21.4 Å². The molecule has 1 rings (SSSR count). The third-order valence-corrected chi connectivity index (χ3v) is 3.08. The van der Waals surface area contributed by atoms with E-state index in [1.54, 1.807) is 6.92 Å². The summed E-state index contributed by atoms with van der Waals surface area (Å²) in [6.45, 7) is 3.40. The second-order valence-electron chi connectivity index (χ2n) is 4.38. The monoisotopic (exact) mass is 289 g/mol. The van der Waals surface area contributed by atoms with Crippen LogP contribution in [0.1, 0.15) is 13.8 Å². The predicted octanol–water partition coefficient (Wildman–Crippen LogP) is 1.99. The Morgan fingerprint density at radius 3 is 2.79 bits per heavy atom. The highest BCUT2D eigenvalue weighted by Gasteiger charge is 2.14. The molecule has 0 spiro atoms. The Kier molecular flexibility index (Phi) is 6.05. The number of carbonyl (C=O) groups is 1. The van der Waals surface area contributed by atoms with E-state index in [1.807, 2.05) is 6.92 Å². The van der Waals surface area contributed by atoms with Gasteiger partial charge in [-0.15, -0.1) is 0 Å². The number of amides is 1. The van der Waals surface area contributed by atoms with Crippen molar-refractivity contribution < 1.29 is 19.0 Å². The predicted molar refractivity (Wildman–Crippen MR) is 70.8 cm³/mol. The molecule has 0 aliphatic rings. The largest absolute Gasteiger partial charge is 0.482 e. The van der Waals surface area contributed by atoms with Gasteiger partial charge in [0.1, 0.15) is 11.6 Å². The van der Waals surface area contributed by atoms with Crippen LogP contribution in [0.4, 0.5) is 4.39 Å². The molecule has 0 bridgehead atoms. The second kappa shape index (κ2) is 7.31. The summed E-state index contributed by atoms with van der Waals surface area (Å²) >= 11 is 5.76. The number of hydrogen-bond acceptors (Lipinski definition) is 3. The van der Waals surface area contributed by atoms with Gasteiger partial charge in [0.2, 0.25) is 0 Å². The highest BCUT2D eigenvalue weighted by Crippen LogP contribution is 2.24. The van der Waals surface area contributed by atoms with Gasteiger partial charge in [-0.2, -0.15) is 0 Å². The Labute approximate surface area is 116 Å². The van der Waals surface area contributed by atoms with E-state index in [0.29, 0.717) is 0 Å². The molecule has 2 N–H and O–H groups in total. The highest BCUT2D eigenvalue weighted by molar-refractivity contribution is 6.32. The number of ether oxygens (including phenoxy) is 1. The third kappa shape index (κ3) is 5.04. The first-order valence-corrected chi connectivity index (χ1v) is 6.30. The van der Waals surface area contributed by atoms with Crippen molar-refractivity contribution in [3.05, 3.63) is 29.0 Å². The Morgan fingerprint density at radius 2 is 2.21 bits per heavy atom. The number of benzene rings is 1. The van der Waals surface area contributed by atoms with Crippen LogP contribution in [0.3, 0.4) is 0 Å². The summed E-state index contributed by atoms with van der Waals surface area (Å²) in [7, 11) is 0. The summed E-state index contributed by atoms with van der Waals surface area (Å²) in [6, 6.07) is 3.52. The number of carbonyl (C=O) groups excluding carboxylic acids is 1. The quantitative estimate of drug-likeness (QED) is 0.842. The van der Waals surface area contributed by atoms with E-state index in [9.17, 15) is 9.18 Å². The number of halogens is 2. The average Bonchev–Trinajstić information content (AvgIpc) is 2.36. The minimum atomic E-state index is -0.466. The molecule has 19 heavy (non-hydrogen) atoms. The van der Waals surface area contributed by atoms with Crippen molar-refractivity contribution in [1.82, 2.24) is 5.32 Å². The molecule has 4 nitrogen and oxygen atoms in total. The maximum absolute atomic E-state index is 12.8. The molecule has 0 aliphatic heterocycles. The van der Waals surface area contributed by atoms with Crippen LogP contribution in [0.5, 0.6) is 5.75 Å². The lowest BCUT2D eigenvalue weighted by molar-refractivity contribution is -0.124. The molecule has 1 aromatic carbocycles. The van der Waals surface area contributed by atoms with Crippen LogP contribution in [-0.2, 0) is 4.79 Å². The first-order chi connectivity index (χ1) is 8.93. The van der Waals surface area contributed by atoms with Gasteiger partial charge in [0.15, 0.2) is 6.61 Å². The lowest BCUT2D eigenvalue weighted by atomic mass is 10.1. The lowest BCUT2D eigenvalue weighted by Gasteiger charge is -2.19. The molecular weight excluding hydrogens is 273 g/mol. The Morgan fingerprint density at radius 1 is 1.53 bits per heavy atom. The number of hydrogen-bond donors (Lipinski definition) is 2. The van der Waals surface area contributed by atoms with Crippen molar-refractivity contribution in [1.29, 1.82) is 0 Å². The molecule has 0 heterocycles. The zero-order chi connectivity index (χ0) is 14.4. The van der Waals surface area contributed by atoms with E-state index in [2.05, 4.69) is 5.32 Å². The normalized spacial score (nSPS) is 13.7. The van der Waals surface area contributed by atoms with E-state index in [0.717, 1.165) is 6.07 Å². The van der Waals surface area contributed by atoms with Crippen molar-refractivity contribution >= 4 is 17.5 Å². The summed E-state index contributed by atoms with van der Waals surface area (Å²) in [5.74, 6) is -0.583. The second-order valence-corrected chi connectivity index (χ2v) is 4.79. The molecule has 0 aliphatic carbocycles. The topological polar surface area (TPSA) is 58.6 Å². The van der Waals surface area contributed by atoms with Crippen molar-refractivity contribution in [3.8, 4) is 5.75 Å². The van der Waals surface area contributed by atoms with Gasteiger partial charge in [-0.3, -0.25) is 4.79 Å². The van der Waals surface area contributed by atoms with Crippen molar-refractivity contribution in [3.63, 3.8) is 0 Å². The number of rotatable bonds is 6. The van der Waals surface area contributed by atoms with Gasteiger partial charge < -0.3 is 15.2 Å². The Bertz CT molecular complexity index is 442. The van der Waals surface area contributed by atoms with Gasteiger partial charge in [-0.05, 0) is 31.0 Å². The average molecular weight is 290 g/mol. The molecule has 0 aromatic heterocycles. The molecule has 2 unspecified atom stereocenters. The van der Waals surface area contributed by atoms with Crippen LogP contribution in [0.2, 0.25) is 5.02 Å². The fourth-order valence-corrected chi connectivity index (χ4v) is 1.55. The van der Waals surface area contributed by atoms with Gasteiger partial charge in [0, 0.05) is 12.6 Å². The summed E-state index contributed by atoms with van der Waals surface area (Å²) < 4.78 is 18.0. The first-order valence-electron chi connectivity index (χ1n) is 5.92. The number of nitrogens with one attached hydrogen (secondary N) is 1. The van der Waals surface area contributed by atoms with Crippen molar-refractivity contribution in [2.75, 3.05) is 13.2 Å². The van der Waals surface area contributed by atoms with E-state index < -0.39 is 5.82 Å². The summed E-state index contributed by atoms with van der Waals surface area (Å²) in [5, 5.41) is 11.8. The fraction of sp³-hybridized carbons (Fsp3) is 0.462. The summed E-state index contributed by atoms with van der Waals surface area (Å²) in [5.41, 5.74) is 0. The molecule has 0 saturated carbocycles. The van der Waals surface area contributed by atoms with Crippen LogP contribution < -0.4 is 10.1 Å². The first kappa shape index (κ1) is 15.7. The van der Waals surface area contributed by atoms with E-state index in [-0.39, 0.29) is 41.9 Å². The molecule has 2 atom stereocenters. The summed E-state index contributed by atoms with van der Waals surface area (Å²) in [4.78, 5) is 11.6. The number of aliphatic hydroxyl groups is 1. The highest BCUT2D eigenvalue weighted by atomic mass is 35.5. The van der Waals surface area contributed by atoms with Gasteiger partial charge >= 0.3 is 0 Å². The standard InChI is InChI=1S/C13H17ClFNO3/c1-8(6-17)9(2)16-13(18)7-19-12-4-3-10(15)5-11(12)14/h3-5,8-9,17H,6-7H2,1-2H3,(H,16,18). The minimum absolute atomic E-state index is 0.00784. The van der Waals surface area contributed by atoms with Gasteiger partial charge in [-0.25, -0.2) is 4.39 Å². The van der Waals surface area contributed by atoms with Crippen molar-refractivity contribution in [2.45, 2.75) is 19.9 Å². The maximum Gasteiger partial charge on any atom is 0.258 e. The lowest BCUT2D eigenvalue weighted by Crippen LogP contribution is -2.40. The van der Waals surface area contributed by atoms with E-state index >= 15 is 0 Å². The zero-order valence-electron chi connectivity index (χ0n) is 10.8. The van der Waals surface area contributed by atoms with Crippen LogP contribution >= 0.6 is 11.6 Å². The van der Waals surface area contributed by atoms with Crippen LogP contribution in [-0.4, -0.2) is 30.3 Å². The van der Waals surface area contributed by atoms with Crippen LogP contribution in [0, 0.1) is 11.7 Å². The Hall–Kier alpha value is -1.33. The van der Waals surface area contributed by atoms with Gasteiger partial charge in [0.25, 0.3) is 5.91 Å². The van der Waals surface area contributed by atoms with Gasteiger partial charge in [-0.1, -0.05) is 18.5 Å². The molecular formula is C13H17ClFNO3. The molecule has 6 heteroatoms. The molecule has 106 valence electrons. The van der Waals surface area contributed by atoms with E-state index in [1.165, 1.54) is 12.1 Å². The van der Waals surface area contributed by atoms with Crippen LogP contribution in [0.15, 0.2) is 18.2 Å². The smallest absolute Gasteiger partial charge is 0.258 e. The SMILES string of the molecule is CC(CO)C(C)NC(=O)COc1ccc(F)cc1Cl. The molecule has 1 amide bonds. The zero-order valence-corrected chi connectivity index (χ0v) is 11.6. The molecule has 0 fully saturated rings. The van der Waals surface area contributed by atoms with Crippen LogP contribution in [0.25, 0.3) is 0 Å². The minimum Gasteiger partial charge on any atom is -0.482 e. The van der Waals surface area contributed by atoms with Gasteiger partial charge in [0.05, 0.1) is 5.02 Å². The molecule has 0 radical (unpaired) electrons.